The largest absolute Gasteiger partial charge is 0.309 e. The Labute approximate surface area is 167 Å². The molecular weight excluding hydrogens is 314 g/mol. The van der Waals surface area contributed by atoms with Crippen molar-refractivity contribution < 1.29 is 0 Å². The minimum absolute atomic E-state index is 1.01. The Morgan fingerprint density at radius 2 is 1.12 bits per heavy atom. The summed E-state index contributed by atoms with van der Waals surface area (Å²) in [6.45, 7) is 7.39. The van der Waals surface area contributed by atoms with Crippen LogP contribution in [0.2, 0.25) is 0 Å². The predicted molar refractivity (Wildman–Crippen MR) is 121 cm³/mol. The summed E-state index contributed by atoms with van der Waals surface area (Å²) >= 11 is 0. The zero-order valence-corrected chi connectivity index (χ0v) is 18.7. The highest BCUT2D eigenvalue weighted by Gasteiger charge is 2.08. The molecule has 0 aromatic heterocycles. The zero-order valence-electron chi connectivity index (χ0n) is 18.7. The van der Waals surface area contributed by atoms with Crippen LogP contribution in [0.4, 0.5) is 0 Å². The summed E-state index contributed by atoms with van der Waals surface area (Å²) in [6, 6.07) is 0. The fourth-order valence-corrected chi connectivity index (χ4v) is 3.92. The van der Waals surface area contributed by atoms with Crippen LogP contribution in [0, 0.1) is 5.92 Å². The molecule has 0 saturated heterocycles. The maximum atomic E-state index is 3.79. The zero-order chi connectivity index (χ0) is 19.3. The van der Waals surface area contributed by atoms with E-state index in [-0.39, 0.29) is 0 Å². The number of hydrogen-bond donors (Lipinski definition) is 0. The summed E-state index contributed by atoms with van der Waals surface area (Å²) in [5.74, 6) is 1.01. The van der Waals surface area contributed by atoms with Crippen LogP contribution in [0.15, 0.2) is 12.7 Å². The summed E-state index contributed by atoms with van der Waals surface area (Å²) in [5.41, 5.74) is 0. The minimum atomic E-state index is 1.01. The van der Waals surface area contributed by atoms with Gasteiger partial charge >= 0.3 is 0 Å². The van der Waals surface area contributed by atoms with Gasteiger partial charge in [-0.1, -0.05) is 109 Å². The molecule has 1 heteroatoms. The molecule has 156 valence electrons. The van der Waals surface area contributed by atoms with Crippen molar-refractivity contribution in [2.45, 2.75) is 122 Å². The van der Waals surface area contributed by atoms with Crippen LogP contribution in [0.5, 0.6) is 0 Å². The average Bonchev–Trinajstić information content (AvgIpc) is 2.62. The normalized spacial score (nSPS) is 12.6. The Kier molecular flexibility index (Phi) is 20.8. The molecule has 0 radical (unpaired) electrons. The van der Waals surface area contributed by atoms with E-state index in [0.29, 0.717) is 0 Å². The van der Waals surface area contributed by atoms with E-state index in [9.17, 15) is 0 Å². The smallest absolute Gasteiger partial charge is 0.00248 e. The lowest BCUT2D eigenvalue weighted by Crippen LogP contribution is -2.12. The molecule has 0 spiro atoms. The number of nitrogens with zero attached hydrogens (tertiary/aromatic N) is 1. The monoisotopic (exact) mass is 365 g/mol. The molecule has 0 bridgehead atoms. The van der Waals surface area contributed by atoms with Gasteiger partial charge in [-0.2, -0.15) is 0 Å². The van der Waals surface area contributed by atoms with Crippen molar-refractivity contribution in [1.82, 2.24) is 4.90 Å². The number of allylic oxidation sites excluding steroid dienone is 1. The number of rotatable bonds is 21. The second-order valence-electron chi connectivity index (χ2n) is 8.71. The van der Waals surface area contributed by atoms with E-state index in [0.717, 1.165) is 5.92 Å². The highest BCUT2D eigenvalue weighted by Crippen LogP contribution is 2.23. The second kappa shape index (κ2) is 21.0. The van der Waals surface area contributed by atoms with Gasteiger partial charge in [0.25, 0.3) is 0 Å². The van der Waals surface area contributed by atoms with Crippen LogP contribution >= 0.6 is 0 Å². The molecule has 1 unspecified atom stereocenters. The number of hydrogen-bond acceptors (Lipinski definition) is 1. The first-order chi connectivity index (χ1) is 12.7. The topological polar surface area (TPSA) is 3.24 Å². The Balaban J connectivity index is 3.53. The van der Waals surface area contributed by atoms with Crippen molar-refractivity contribution in [2.24, 2.45) is 5.92 Å². The maximum absolute atomic E-state index is 3.79. The van der Waals surface area contributed by atoms with Gasteiger partial charge in [0.15, 0.2) is 0 Å². The van der Waals surface area contributed by atoms with Crippen molar-refractivity contribution in [3.05, 3.63) is 12.7 Å². The maximum Gasteiger partial charge on any atom is -0.00248 e. The second-order valence-corrected chi connectivity index (χ2v) is 8.71. The quantitative estimate of drug-likeness (QED) is 0.146. The van der Waals surface area contributed by atoms with Gasteiger partial charge in [-0.05, 0) is 45.8 Å². The first kappa shape index (κ1) is 25.7. The summed E-state index contributed by atoms with van der Waals surface area (Å²) in [6.07, 6.45) is 27.7. The van der Waals surface area contributed by atoms with Gasteiger partial charge in [-0.3, -0.25) is 0 Å². The Morgan fingerprint density at radius 1 is 0.654 bits per heavy atom. The molecule has 0 aromatic carbocycles. The molecule has 1 nitrogen and oxygen atoms in total. The van der Waals surface area contributed by atoms with Gasteiger partial charge in [0, 0.05) is 0 Å². The van der Waals surface area contributed by atoms with Crippen molar-refractivity contribution in [3.8, 4) is 0 Å². The molecule has 0 aromatic rings. The molecule has 26 heavy (non-hydrogen) atoms. The van der Waals surface area contributed by atoms with Gasteiger partial charge in [0.05, 0.1) is 0 Å². The lowest BCUT2D eigenvalue weighted by atomic mass is 9.90. The van der Waals surface area contributed by atoms with Crippen LogP contribution in [0.25, 0.3) is 0 Å². The van der Waals surface area contributed by atoms with E-state index in [1.165, 1.54) is 122 Å². The van der Waals surface area contributed by atoms with Crippen LogP contribution in [0.1, 0.15) is 122 Å². The van der Waals surface area contributed by atoms with Gasteiger partial charge < -0.3 is 4.90 Å². The summed E-state index contributed by atoms with van der Waals surface area (Å²) in [7, 11) is 4.37. The summed E-state index contributed by atoms with van der Waals surface area (Å²) in [4.78, 5) is 2.32. The average molecular weight is 366 g/mol. The summed E-state index contributed by atoms with van der Waals surface area (Å²) < 4.78 is 0. The van der Waals surface area contributed by atoms with Gasteiger partial charge in [0.1, 0.15) is 0 Å². The first-order valence-corrected chi connectivity index (χ1v) is 12.0. The molecule has 0 saturated carbocycles. The van der Waals surface area contributed by atoms with E-state index in [1.54, 1.807) is 0 Å². The SMILES string of the molecule is C=CCCCCCCCCCCCC(CCCC)CCCCCN(C)C. The molecule has 0 rings (SSSR count). The van der Waals surface area contributed by atoms with Crippen molar-refractivity contribution >= 4 is 0 Å². The molecule has 0 aliphatic carbocycles. The van der Waals surface area contributed by atoms with E-state index >= 15 is 0 Å². The molecule has 1 atom stereocenters. The molecule has 0 fully saturated rings. The highest BCUT2D eigenvalue weighted by atomic mass is 15.0. The fourth-order valence-electron chi connectivity index (χ4n) is 3.92. The van der Waals surface area contributed by atoms with E-state index in [2.05, 4.69) is 38.6 Å². The Bertz CT molecular complexity index is 271. The molecule has 0 aliphatic rings. The third-order valence-electron chi connectivity index (χ3n) is 5.70. The third kappa shape index (κ3) is 20.0. The number of unbranched alkanes of at least 4 members (excludes halogenated alkanes) is 12. The van der Waals surface area contributed by atoms with Crippen molar-refractivity contribution in [3.63, 3.8) is 0 Å². The van der Waals surface area contributed by atoms with E-state index < -0.39 is 0 Å². The molecular formula is C25H51N. The lowest BCUT2D eigenvalue weighted by Gasteiger charge is -2.17. The third-order valence-corrected chi connectivity index (χ3v) is 5.70. The van der Waals surface area contributed by atoms with Crippen LogP contribution in [0.3, 0.4) is 0 Å². The molecule has 0 heterocycles. The van der Waals surface area contributed by atoms with Crippen LogP contribution < -0.4 is 0 Å². The van der Waals surface area contributed by atoms with Crippen molar-refractivity contribution in [1.29, 1.82) is 0 Å². The Hall–Kier alpha value is -0.300. The van der Waals surface area contributed by atoms with Crippen molar-refractivity contribution in [2.75, 3.05) is 20.6 Å². The highest BCUT2D eigenvalue weighted by molar-refractivity contribution is 4.65. The molecule has 0 aliphatic heterocycles. The van der Waals surface area contributed by atoms with Crippen LogP contribution in [-0.4, -0.2) is 25.5 Å². The molecule has 0 amide bonds. The summed E-state index contributed by atoms with van der Waals surface area (Å²) in [5, 5.41) is 0. The predicted octanol–water partition coefficient (Wildman–Crippen LogP) is 8.39. The first-order valence-electron chi connectivity index (χ1n) is 12.0. The fraction of sp³-hybridized carbons (Fsp3) is 0.920. The standard InChI is InChI=1S/C25H51N/c1-5-7-9-10-11-12-13-14-15-16-18-22-25(21-8-6-2)23-19-17-20-24-26(3)4/h5,25H,1,6-24H2,2-4H3. The van der Waals surface area contributed by atoms with Crippen LogP contribution in [-0.2, 0) is 0 Å². The van der Waals surface area contributed by atoms with Gasteiger partial charge in [0.2, 0.25) is 0 Å². The molecule has 0 N–H and O–H groups in total. The van der Waals surface area contributed by atoms with E-state index in [4.69, 9.17) is 0 Å². The lowest BCUT2D eigenvalue weighted by molar-refractivity contribution is 0.355. The van der Waals surface area contributed by atoms with E-state index in [1.807, 2.05) is 0 Å². The Morgan fingerprint density at radius 3 is 1.62 bits per heavy atom. The van der Waals surface area contributed by atoms with Gasteiger partial charge in [-0.25, -0.2) is 0 Å². The minimum Gasteiger partial charge on any atom is -0.309 e. The van der Waals surface area contributed by atoms with Gasteiger partial charge in [-0.15, -0.1) is 6.58 Å².